The number of likely N-dealkylation sites (N-methyl/N-ethyl adjacent to an activating group) is 1. The minimum absolute atomic E-state index is 0.0197. The molecule has 1 saturated heterocycles. The number of allylic oxidation sites excluding steroid dienone is 8. The lowest BCUT2D eigenvalue weighted by atomic mass is 10.0. The lowest BCUT2D eigenvalue weighted by Gasteiger charge is -2.31. The van der Waals surface area contributed by atoms with E-state index in [0.717, 1.165) is 31.2 Å². The highest BCUT2D eigenvalue weighted by Crippen LogP contribution is 2.34. The van der Waals surface area contributed by atoms with Gasteiger partial charge in [-0.2, -0.15) is 13.2 Å². The molecule has 0 aromatic rings. The van der Waals surface area contributed by atoms with E-state index in [1.807, 2.05) is 27.7 Å². The lowest BCUT2D eigenvalue weighted by molar-refractivity contribution is -0.0902. The van der Waals surface area contributed by atoms with Gasteiger partial charge in [-0.1, -0.05) is 122 Å². The summed E-state index contributed by atoms with van der Waals surface area (Å²) in [6, 6.07) is 1.51. The smallest absolute Gasteiger partial charge is 0.388 e. The van der Waals surface area contributed by atoms with Gasteiger partial charge in [-0.3, -0.25) is 0 Å². The van der Waals surface area contributed by atoms with E-state index < -0.39 is 11.7 Å². The second-order valence-corrected chi connectivity index (χ2v) is 15.3. The molecule has 0 radical (unpaired) electrons. The Hall–Kier alpha value is -2.79. The van der Waals surface area contributed by atoms with E-state index >= 15 is 0 Å². The number of alkyl halides is 3. The first kappa shape index (κ1) is 60.5. The Kier molecular flexibility index (Phi) is 39.1. The third-order valence-corrected chi connectivity index (χ3v) is 10.4. The van der Waals surface area contributed by atoms with Gasteiger partial charge in [-0.15, -0.1) is 6.58 Å². The van der Waals surface area contributed by atoms with Crippen LogP contribution in [0.1, 0.15) is 166 Å². The predicted molar refractivity (Wildman–Crippen MR) is 256 cm³/mol. The van der Waals surface area contributed by atoms with E-state index in [4.69, 9.17) is 11.5 Å². The van der Waals surface area contributed by atoms with Gasteiger partial charge in [-0.25, -0.2) is 0 Å². The molecule has 3 aliphatic rings. The van der Waals surface area contributed by atoms with Crippen molar-refractivity contribution >= 4 is 0 Å². The highest BCUT2D eigenvalue weighted by molar-refractivity contribution is 5.35. The van der Waals surface area contributed by atoms with Crippen LogP contribution in [0.2, 0.25) is 0 Å². The van der Waals surface area contributed by atoms with Crippen LogP contribution in [0.5, 0.6) is 0 Å². The number of nitrogens with zero attached hydrogens (tertiary/aromatic N) is 2. The summed E-state index contributed by atoms with van der Waals surface area (Å²) in [5, 5.41) is 6.10. The van der Waals surface area contributed by atoms with Gasteiger partial charge < -0.3 is 37.6 Å². The largest absolute Gasteiger partial charge is 0.418 e. The van der Waals surface area contributed by atoms with E-state index in [2.05, 4.69) is 92.2 Å². The molecule has 1 fully saturated rings. The number of likely N-dealkylation sites (tertiary alicyclic amines) is 1. The van der Waals surface area contributed by atoms with Crippen molar-refractivity contribution in [2.24, 2.45) is 23.1 Å². The van der Waals surface area contributed by atoms with Gasteiger partial charge in [0.05, 0.1) is 5.57 Å². The van der Waals surface area contributed by atoms with E-state index in [-0.39, 0.29) is 17.7 Å². The second-order valence-electron chi connectivity index (χ2n) is 15.3. The molecule has 346 valence electrons. The number of hydrogen-bond donors (Lipinski definition) is 5. The summed E-state index contributed by atoms with van der Waals surface area (Å²) >= 11 is 0. The number of halogens is 3. The van der Waals surface area contributed by atoms with E-state index in [9.17, 15) is 13.2 Å². The zero-order chi connectivity index (χ0) is 45.8. The maximum Gasteiger partial charge on any atom is 0.418 e. The topological polar surface area (TPSA) is 109 Å². The fourth-order valence-corrected chi connectivity index (χ4v) is 7.13. The average molecular weight is 838 g/mol. The molecule has 4 atom stereocenters. The maximum absolute atomic E-state index is 12.6. The molecule has 0 saturated carbocycles. The maximum atomic E-state index is 12.6. The molecule has 0 bridgehead atoms. The molecule has 4 unspecified atom stereocenters. The van der Waals surface area contributed by atoms with Crippen molar-refractivity contribution in [1.82, 2.24) is 20.4 Å². The number of hydrogen-bond acceptors (Lipinski definition) is 7. The lowest BCUT2D eigenvalue weighted by Crippen LogP contribution is -2.33. The molecule has 1 aliphatic carbocycles. The molecular weight excluding hydrogens is 744 g/mol. The van der Waals surface area contributed by atoms with Crippen molar-refractivity contribution in [2.45, 2.75) is 190 Å². The van der Waals surface area contributed by atoms with Crippen molar-refractivity contribution in [3.05, 3.63) is 83.7 Å². The third-order valence-electron chi connectivity index (χ3n) is 10.4. The van der Waals surface area contributed by atoms with Gasteiger partial charge in [0.15, 0.2) is 0 Å². The molecule has 3 rings (SSSR count). The summed E-state index contributed by atoms with van der Waals surface area (Å²) < 4.78 is 37.7. The molecule has 2 aliphatic heterocycles. The van der Waals surface area contributed by atoms with E-state index in [1.165, 1.54) is 127 Å². The molecule has 0 aromatic carbocycles. The Balaban J connectivity index is -0.000000784. The van der Waals surface area contributed by atoms with Gasteiger partial charge in [0.1, 0.15) is 5.82 Å². The van der Waals surface area contributed by atoms with Gasteiger partial charge in [0, 0.05) is 48.7 Å². The molecule has 0 amide bonds. The van der Waals surface area contributed by atoms with Crippen LogP contribution in [0, 0.1) is 5.92 Å². The molecule has 8 N–H and O–H groups in total. The van der Waals surface area contributed by atoms with Crippen LogP contribution in [-0.4, -0.2) is 67.8 Å². The quantitative estimate of drug-likeness (QED) is 0.0531. The summed E-state index contributed by atoms with van der Waals surface area (Å²) in [5.41, 5.74) is 19.4. The Morgan fingerprint density at radius 2 is 1.56 bits per heavy atom. The van der Waals surface area contributed by atoms with E-state index in [1.54, 1.807) is 19.1 Å². The normalized spacial score (nSPS) is 18.3. The summed E-state index contributed by atoms with van der Waals surface area (Å²) in [6.07, 6.45) is 24.7. The summed E-state index contributed by atoms with van der Waals surface area (Å²) in [5.74, 6) is 1.02. The first-order valence-corrected chi connectivity index (χ1v) is 23.0. The number of unbranched alkanes of at least 4 members (excludes halogenated alkanes) is 2. The average Bonchev–Trinajstić information content (AvgIpc) is 3.79. The van der Waals surface area contributed by atoms with Crippen LogP contribution in [-0.2, 0) is 0 Å². The van der Waals surface area contributed by atoms with Gasteiger partial charge in [-0.05, 0) is 118 Å². The molecule has 0 aromatic heterocycles. The van der Waals surface area contributed by atoms with Crippen LogP contribution >= 0.6 is 0 Å². The summed E-state index contributed by atoms with van der Waals surface area (Å²) in [4.78, 5) is 5.10. The number of rotatable bonds is 18. The van der Waals surface area contributed by atoms with Crippen LogP contribution in [0.3, 0.4) is 0 Å². The van der Waals surface area contributed by atoms with Crippen LogP contribution in [0.4, 0.5) is 13.2 Å². The molecule has 7 nitrogen and oxygen atoms in total. The molecule has 2 heterocycles. The van der Waals surface area contributed by atoms with Crippen molar-refractivity contribution in [2.75, 3.05) is 33.7 Å². The minimum atomic E-state index is -4.26. The second kappa shape index (κ2) is 38.2. The van der Waals surface area contributed by atoms with Crippen molar-refractivity contribution in [1.29, 1.82) is 0 Å². The summed E-state index contributed by atoms with van der Waals surface area (Å²) in [7, 11) is 3.02. The van der Waals surface area contributed by atoms with Crippen molar-refractivity contribution < 1.29 is 13.2 Å². The molecular formula is C49H94F3N7. The highest BCUT2D eigenvalue weighted by atomic mass is 19.4. The van der Waals surface area contributed by atoms with Gasteiger partial charge in [0.25, 0.3) is 0 Å². The van der Waals surface area contributed by atoms with Crippen molar-refractivity contribution in [3.8, 4) is 0 Å². The van der Waals surface area contributed by atoms with E-state index in [0.29, 0.717) is 12.5 Å². The van der Waals surface area contributed by atoms with Gasteiger partial charge >= 0.3 is 6.18 Å². The minimum Gasteiger partial charge on any atom is -0.388 e. The van der Waals surface area contributed by atoms with Crippen LogP contribution in [0.15, 0.2) is 83.7 Å². The summed E-state index contributed by atoms with van der Waals surface area (Å²) in [6.45, 7) is 32.0. The van der Waals surface area contributed by atoms with Crippen LogP contribution < -0.4 is 27.8 Å². The fraction of sp³-hybridized carbons (Fsp3) is 0.714. The fourth-order valence-electron chi connectivity index (χ4n) is 7.13. The Bertz CT molecular complexity index is 1210. The zero-order valence-corrected chi connectivity index (χ0v) is 40.2. The zero-order valence-electron chi connectivity index (χ0n) is 40.2. The third kappa shape index (κ3) is 26.9. The Morgan fingerprint density at radius 1 is 1.00 bits per heavy atom. The number of nitrogens with two attached hydrogens (primary N) is 3. The standard InChI is InChI=1S/C22H39N3.C11H24N2.C10H14F3N.C3H6.C2H6.CH5N/c1-7-9-10-15-21(13-8-2)25-19(5)22(24-20(25)6)16-12-11-14-17(3)18(4)23;1-2-6-11(7-5-8-12)13-9-3-4-10-13;1-7-4-3-5-9(14-2)8(6-7)10(11,12)13;1-3-2;2*1-2/h11-12,14,18,21,24H,6-10,13,15-16,23H2,1-5H3;11H,2-10,12H2,1H3;5-7,14H,3-4H2,1-2H3;3H,1H2,2H3;1-2H3;2H2,1H3/b12-11-,17-14-;;;;;. The highest BCUT2D eigenvalue weighted by Gasteiger charge is 2.36. The Labute approximate surface area is 363 Å². The SMILES string of the molecule is C=C1NC(C/C=C\C=C(\C)C(C)N)=C(C)N1C(CCC)CCCCC.C=CC.CC.CCCC(CCCN)N1CCCC1.CN.CNC1=CCCC(C)C=C1C(F)(F)F. The molecule has 10 heteroatoms. The van der Waals surface area contributed by atoms with Gasteiger partial charge in [0.2, 0.25) is 0 Å². The van der Waals surface area contributed by atoms with Crippen LogP contribution in [0.25, 0.3) is 0 Å². The molecule has 59 heavy (non-hydrogen) atoms. The molecule has 0 spiro atoms. The number of nitrogens with one attached hydrogen (secondary N) is 2. The Morgan fingerprint density at radius 3 is 2.05 bits per heavy atom. The first-order valence-electron chi connectivity index (χ1n) is 23.0. The monoisotopic (exact) mass is 838 g/mol. The van der Waals surface area contributed by atoms with Crippen molar-refractivity contribution in [3.63, 3.8) is 0 Å². The first-order chi connectivity index (χ1) is 28.2. The predicted octanol–water partition coefficient (Wildman–Crippen LogP) is 12.4.